The van der Waals surface area contributed by atoms with E-state index in [1.165, 1.54) is 23.4 Å². The lowest BCUT2D eigenvalue weighted by Crippen LogP contribution is -2.32. The van der Waals surface area contributed by atoms with E-state index in [1.807, 2.05) is 48.5 Å². The van der Waals surface area contributed by atoms with Crippen molar-refractivity contribution in [2.24, 2.45) is 0 Å². The van der Waals surface area contributed by atoms with Crippen LogP contribution in [0.3, 0.4) is 0 Å². The van der Waals surface area contributed by atoms with Crippen LogP contribution in [0.5, 0.6) is 5.75 Å². The van der Waals surface area contributed by atoms with E-state index in [2.05, 4.69) is 29.3 Å². The summed E-state index contributed by atoms with van der Waals surface area (Å²) in [6, 6.07) is 22.8. The Labute approximate surface area is 205 Å². The van der Waals surface area contributed by atoms with Crippen molar-refractivity contribution in [1.82, 2.24) is 0 Å². The maximum Gasteiger partial charge on any atom is 0.282 e. The number of methoxy groups -OCH3 is 1. The molecule has 0 unspecified atom stereocenters. The highest BCUT2D eigenvalue weighted by atomic mass is 16.5. The molecule has 2 heterocycles. The van der Waals surface area contributed by atoms with Crippen molar-refractivity contribution >= 4 is 34.4 Å². The molecule has 0 spiro atoms. The van der Waals surface area contributed by atoms with Gasteiger partial charge in [0.2, 0.25) is 0 Å². The predicted molar refractivity (Wildman–Crippen MR) is 140 cm³/mol. The van der Waals surface area contributed by atoms with Crippen LogP contribution in [0.4, 0.5) is 17.1 Å². The monoisotopic (exact) mass is 467 g/mol. The van der Waals surface area contributed by atoms with Crippen molar-refractivity contribution in [3.63, 3.8) is 0 Å². The summed E-state index contributed by atoms with van der Waals surface area (Å²) in [6.07, 6.45) is 3.30. The second-order valence-electron chi connectivity index (χ2n) is 8.78. The van der Waals surface area contributed by atoms with Gasteiger partial charge in [0, 0.05) is 30.0 Å². The highest BCUT2D eigenvalue weighted by molar-refractivity contribution is 6.46. The topological polar surface area (TPSA) is 61.9 Å². The first-order chi connectivity index (χ1) is 17.1. The first-order valence-electron chi connectivity index (χ1n) is 12.1. The van der Waals surface area contributed by atoms with Crippen molar-refractivity contribution in [3.8, 4) is 5.75 Å². The summed E-state index contributed by atoms with van der Waals surface area (Å²) in [6.45, 7) is 4.20. The van der Waals surface area contributed by atoms with Crippen LogP contribution >= 0.6 is 0 Å². The SMILES string of the molecule is CCc1ccc(N2C(=O)C(Nc3ccc(N4CCCC4)cc3)=C(c3ccccc3OC)C2=O)cc1. The molecule has 6 nitrogen and oxygen atoms in total. The van der Waals surface area contributed by atoms with E-state index in [0.717, 1.165) is 30.8 Å². The summed E-state index contributed by atoms with van der Waals surface area (Å²) >= 11 is 0. The van der Waals surface area contributed by atoms with Gasteiger partial charge >= 0.3 is 0 Å². The Hall–Kier alpha value is -4.06. The molecule has 0 aliphatic carbocycles. The minimum Gasteiger partial charge on any atom is -0.496 e. The average molecular weight is 468 g/mol. The molecule has 0 aromatic heterocycles. The smallest absolute Gasteiger partial charge is 0.282 e. The number of hydrogen-bond donors (Lipinski definition) is 1. The fourth-order valence-corrected chi connectivity index (χ4v) is 4.74. The third-order valence-electron chi connectivity index (χ3n) is 6.67. The number of nitrogens with zero attached hydrogens (tertiary/aromatic N) is 2. The quantitative estimate of drug-likeness (QED) is 0.481. The van der Waals surface area contributed by atoms with Gasteiger partial charge in [-0.2, -0.15) is 0 Å². The number of aryl methyl sites for hydroxylation is 1. The molecule has 3 aromatic carbocycles. The number of imide groups is 1. The lowest BCUT2D eigenvalue weighted by Gasteiger charge is -2.18. The number of rotatable bonds is 7. The third-order valence-corrected chi connectivity index (χ3v) is 6.67. The number of benzene rings is 3. The first kappa shape index (κ1) is 22.7. The number of ether oxygens (including phenoxy) is 1. The van der Waals surface area contributed by atoms with Gasteiger partial charge in [-0.3, -0.25) is 9.59 Å². The standard InChI is InChI=1S/C29H29N3O3/c1-3-20-10-14-23(15-11-20)32-28(33)26(24-8-4-5-9-25(24)35-2)27(29(32)34)30-21-12-16-22(17-13-21)31-18-6-7-19-31/h4-5,8-17,30H,3,6-7,18-19H2,1-2H3. The maximum absolute atomic E-state index is 13.7. The molecule has 0 bridgehead atoms. The molecule has 3 aromatic rings. The zero-order valence-corrected chi connectivity index (χ0v) is 20.1. The van der Waals surface area contributed by atoms with Crippen LogP contribution in [0.2, 0.25) is 0 Å². The lowest BCUT2D eigenvalue weighted by molar-refractivity contribution is -0.120. The zero-order valence-electron chi connectivity index (χ0n) is 20.1. The molecule has 0 saturated carbocycles. The number of amides is 2. The molecule has 35 heavy (non-hydrogen) atoms. The summed E-state index contributed by atoms with van der Waals surface area (Å²) in [5, 5.41) is 3.25. The van der Waals surface area contributed by atoms with Crippen molar-refractivity contribution in [1.29, 1.82) is 0 Å². The highest BCUT2D eigenvalue weighted by Gasteiger charge is 2.41. The number of hydrogen-bond acceptors (Lipinski definition) is 5. The van der Waals surface area contributed by atoms with E-state index in [4.69, 9.17) is 4.74 Å². The molecule has 0 radical (unpaired) electrons. The Morgan fingerprint density at radius 3 is 2.14 bits per heavy atom. The molecule has 178 valence electrons. The molecule has 2 amide bonds. The second-order valence-corrected chi connectivity index (χ2v) is 8.78. The van der Waals surface area contributed by atoms with Crippen molar-refractivity contribution in [2.75, 3.05) is 35.3 Å². The van der Waals surface area contributed by atoms with Crippen molar-refractivity contribution in [3.05, 3.63) is 89.6 Å². The van der Waals surface area contributed by atoms with Gasteiger partial charge in [0.1, 0.15) is 11.4 Å². The van der Waals surface area contributed by atoms with Gasteiger partial charge in [-0.1, -0.05) is 37.3 Å². The van der Waals surface area contributed by atoms with E-state index in [9.17, 15) is 9.59 Å². The Morgan fingerprint density at radius 2 is 1.49 bits per heavy atom. The minimum absolute atomic E-state index is 0.244. The van der Waals surface area contributed by atoms with Gasteiger partial charge in [0.15, 0.2) is 0 Å². The summed E-state index contributed by atoms with van der Waals surface area (Å²) in [5.41, 5.74) is 4.73. The summed E-state index contributed by atoms with van der Waals surface area (Å²) in [5.74, 6) is -0.223. The van der Waals surface area contributed by atoms with E-state index in [0.29, 0.717) is 22.6 Å². The molecule has 1 N–H and O–H groups in total. The Kier molecular flexibility index (Phi) is 6.27. The van der Waals surface area contributed by atoms with Gasteiger partial charge in [-0.25, -0.2) is 4.90 Å². The maximum atomic E-state index is 13.7. The number of anilines is 3. The van der Waals surface area contributed by atoms with Gasteiger partial charge in [-0.15, -0.1) is 0 Å². The van der Waals surface area contributed by atoms with Crippen molar-refractivity contribution in [2.45, 2.75) is 26.2 Å². The first-order valence-corrected chi connectivity index (χ1v) is 12.1. The number of para-hydroxylation sites is 1. The summed E-state index contributed by atoms with van der Waals surface area (Å²) in [4.78, 5) is 31.0. The van der Waals surface area contributed by atoms with Crippen LogP contribution in [0.25, 0.3) is 5.57 Å². The number of nitrogens with one attached hydrogen (secondary N) is 1. The van der Waals surface area contributed by atoms with Crippen molar-refractivity contribution < 1.29 is 14.3 Å². The van der Waals surface area contributed by atoms with E-state index < -0.39 is 0 Å². The third kappa shape index (κ3) is 4.28. The molecule has 5 rings (SSSR count). The van der Waals surface area contributed by atoms with Gasteiger partial charge < -0.3 is 15.0 Å². The molecule has 6 heteroatoms. The summed E-state index contributed by atoms with van der Waals surface area (Å²) in [7, 11) is 1.56. The fourth-order valence-electron chi connectivity index (χ4n) is 4.74. The van der Waals surface area contributed by atoms with Gasteiger partial charge in [-0.05, 0) is 67.3 Å². The Balaban J connectivity index is 1.54. The molecular weight excluding hydrogens is 438 g/mol. The number of carbonyl (C=O) groups excluding carboxylic acids is 2. The highest BCUT2D eigenvalue weighted by Crippen LogP contribution is 2.37. The van der Waals surface area contributed by atoms with Crippen LogP contribution in [-0.2, 0) is 16.0 Å². The Bertz CT molecular complexity index is 1270. The van der Waals surface area contributed by atoms with E-state index in [1.54, 1.807) is 19.2 Å². The van der Waals surface area contributed by atoms with Crippen LogP contribution in [-0.4, -0.2) is 32.0 Å². The lowest BCUT2D eigenvalue weighted by atomic mass is 10.0. The van der Waals surface area contributed by atoms with Crippen LogP contribution in [0, 0.1) is 0 Å². The normalized spacial score (nSPS) is 15.8. The summed E-state index contributed by atoms with van der Waals surface area (Å²) < 4.78 is 5.53. The molecular formula is C29H29N3O3. The van der Waals surface area contributed by atoms with Gasteiger partial charge in [0.25, 0.3) is 11.8 Å². The van der Waals surface area contributed by atoms with Crippen LogP contribution in [0.1, 0.15) is 30.9 Å². The Morgan fingerprint density at radius 1 is 0.829 bits per heavy atom. The van der Waals surface area contributed by atoms with Crippen LogP contribution < -0.4 is 19.9 Å². The molecule has 2 aliphatic heterocycles. The minimum atomic E-state index is -0.385. The average Bonchev–Trinajstić information content (AvgIpc) is 3.52. The van der Waals surface area contributed by atoms with E-state index >= 15 is 0 Å². The largest absolute Gasteiger partial charge is 0.496 e. The number of carbonyl (C=O) groups is 2. The predicted octanol–water partition coefficient (Wildman–Crippen LogP) is 5.25. The fraction of sp³-hybridized carbons (Fsp3) is 0.241. The van der Waals surface area contributed by atoms with E-state index in [-0.39, 0.29) is 17.5 Å². The second kappa shape index (κ2) is 9.66. The molecule has 2 aliphatic rings. The van der Waals surface area contributed by atoms with Gasteiger partial charge in [0.05, 0.1) is 18.4 Å². The zero-order chi connectivity index (χ0) is 24.4. The molecule has 1 saturated heterocycles. The molecule has 1 fully saturated rings. The van der Waals surface area contributed by atoms with Crippen LogP contribution in [0.15, 0.2) is 78.5 Å². The molecule has 0 atom stereocenters.